The van der Waals surface area contributed by atoms with E-state index >= 15 is 0 Å². The number of aromatic nitrogens is 1. The van der Waals surface area contributed by atoms with Crippen molar-refractivity contribution in [3.63, 3.8) is 0 Å². The van der Waals surface area contributed by atoms with E-state index in [-0.39, 0.29) is 6.42 Å². The standard InChI is InChI=1S/C9H13N3O3S/c1-9(2,7(10)15)12-8-11-5(4-16-8)3-6(13)14/h4H,3H2,1-2H3,(H2,10,15)(H,11,12)(H,13,14). The molecule has 1 rings (SSSR count). The minimum absolute atomic E-state index is 0.130. The van der Waals surface area contributed by atoms with Gasteiger partial charge in [0.25, 0.3) is 0 Å². The van der Waals surface area contributed by atoms with E-state index in [0.717, 1.165) is 0 Å². The summed E-state index contributed by atoms with van der Waals surface area (Å²) in [6.07, 6.45) is -0.130. The summed E-state index contributed by atoms with van der Waals surface area (Å²) < 4.78 is 0. The van der Waals surface area contributed by atoms with Crippen LogP contribution >= 0.6 is 11.3 Å². The SMILES string of the molecule is CC(C)(Nc1nc(CC(=O)O)cs1)C(N)=O. The predicted molar refractivity (Wildman–Crippen MR) is 60.3 cm³/mol. The van der Waals surface area contributed by atoms with Crippen molar-refractivity contribution in [2.45, 2.75) is 25.8 Å². The molecule has 1 amide bonds. The number of hydrogen-bond acceptors (Lipinski definition) is 5. The van der Waals surface area contributed by atoms with Gasteiger partial charge in [-0.1, -0.05) is 0 Å². The number of thiazole rings is 1. The molecular formula is C9H13N3O3S. The number of nitrogens with zero attached hydrogens (tertiary/aromatic N) is 1. The predicted octanol–water partition coefficient (Wildman–Crippen LogP) is 0.446. The molecule has 0 aliphatic heterocycles. The van der Waals surface area contributed by atoms with Crippen LogP contribution in [-0.2, 0) is 16.0 Å². The smallest absolute Gasteiger partial charge is 0.309 e. The van der Waals surface area contributed by atoms with Gasteiger partial charge in [-0.2, -0.15) is 0 Å². The monoisotopic (exact) mass is 243 g/mol. The number of aliphatic carboxylic acids is 1. The summed E-state index contributed by atoms with van der Waals surface area (Å²) in [7, 11) is 0. The zero-order valence-corrected chi connectivity index (χ0v) is 9.80. The second-order valence-electron chi connectivity index (χ2n) is 3.83. The Morgan fingerprint density at radius 2 is 2.25 bits per heavy atom. The molecule has 0 saturated heterocycles. The number of carboxylic acid groups (broad SMARTS) is 1. The van der Waals surface area contributed by atoms with Gasteiger partial charge in [0.1, 0.15) is 5.54 Å². The van der Waals surface area contributed by atoms with Crippen molar-refractivity contribution >= 4 is 28.3 Å². The highest BCUT2D eigenvalue weighted by Gasteiger charge is 2.25. The van der Waals surface area contributed by atoms with E-state index in [1.165, 1.54) is 11.3 Å². The molecule has 0 aliphatic carbocycles. The average molecular weight is 243 g/mol. The molecule has 0 unspecified atom stereocenters. The van der Waals surface area contributed by atoms with Crippen LogP contribution < -0.4 is 11.1 Å². The van der Waals surface area contributed by atoms with Gasteiger partial charge in [0.05, 0.1) is 12.1 Å². The quantitative estimate of drug-likeness (QED) is 0.696. The van der Waals surface area contributed by atoms with E-state index in [9.17, 15) is 9.59 Å². The number of primary amides is 1. The van der Waals surface area contributed by atoms with Gasteiger partial charge in [0.15, 0.2) is 5.13 Å². The zero-order chi connectivity index (χ0) is 12.3. The topological polar surface area (TPSA) is 105 Å². The fraction of sp³-hybridized carbons (Fsp3) is 0.444. The number of nitrogens with two attached hydrogens (primary N) is 1. The van der Waals surface area contributed by atoms with Crippen LogP contribution in [0.1, 0.15) is 19.5 Å². The van der Waals surface area contributed by atoms with Gasteiger partial charge in [-0.25, -0.2) is 4.98 Å². The zero-order valence-electron chi connectivity index (χ0n) is 8.98. The Kier molecular flexibility index (Phi) is 3.48. The molecule has 4 N–H and O–H groups in total. The van der Waals surface area contributed by atoms with Gasteiger partial charge in [-0.15, -0.1) is 11.3 Å². The van der Waals surface area contributed by atoms with E-state index in [1.54, 1.807) is 19.2 Å². The van der Waals surface area contributed by atoms with Gasteiger partial charge in [0, 0.05) is 5.38 Å². The molecule has 0 atom stereocenters. The Morgan fingerprint density at radius 3 is 2.75 bits per heavy atom. The fourth-order valence-electron chi connectivity index (χ4n) is 0.929. The molecule has 1 aromatic heterocycles. The Bertz CT molecular complexity index is 414. The number of carbonyl (C=O) groups is 2. The Morgan fingerprint density at radius 1 is 1.62 bits per heavy atom. The van der Waals surface area contributed by atoms with Crippen molar-refractivity contribution < 1.29 is 14.7 Å². The average Bonchev–Trinajstić information content (AvgIpc) is 2.50. The van der Waals surface area contributed by atoms with Crippen LogP contribution in [0.3, 0.4) is 0 Å². The minimum Gasteiger partial charge on any atom is -0.481 e. The number of carboxylic acids is 1. The van der Waals surface area contributed by atoms with Crippen molar-refractivity contribution in [1.82, 2.24) is 4.98 Å². The number of nitrogens with one attached hydrogen (secondary N) is 1. The first-order valence-corrected chi connectivity index (χ1v) is 5.43. The molecule has 7 heteroatoms. The molecule has 6 nitrogen and oxygen atoms in total. The first-order valence-electron chi connectivity index (χ1n) is 4.55. The van der Waals surface area contributed by atoms with Crippen molar-refractivity contribution in [2.75, 3.05) is 5.32 Å². The van der Waals surface area contributed by atoms with Crippen molar-refractivity contribution in [1.29, 1.82) is 0 Å². The van der Waals surface area contributed by atoms with Crippen molar-refractivity contribution in [3.8, 4) is 0 Å². The maximum Gasteiger partial charge on any atom is 0.309 e. The lowest BCUT2D eigenvalue weighted by molar-refractivity contribution is -0.136. The van der Waals surface area contributed by atoms with Crippen LogP contribution in [0.15, 0.2) is 5.38 Å². The molecule has 1 aromatic rings. The molecule has 0 aromatic carbocycles. The maximum atomic E-state index is 11.1. The molecule has 0 saturated carbocycles. The number of rotatable bonds is 5. The second kappa shape index (κ2) is 4.48. The summed E-state index contributed by atoms with van der Waals surface area (Å²) in [5.41, 5.74) is 4.74. The molecule has 0 radical (unpaired) electrons. The maximum absolute atomic E-state index is 11.1. The Labute approximate surface area is 96.5 Å². The van der Waals surface area contributed by atoms with E-state index < -0.39 is 17.4 Å². The van der Waals surface area contributed by atoms with E-state index in [2.05, 4.69) is 10.3 Å². The Balaban J connectivity index is 2.72. The summed E-state index contributed by atoms with van der Waals surface area (Å²) in [6, 6.07) is 0. The van der Waals surface area contributed by atoms with Crippen LogP contribution in [0, 0.1) is 0 Å². The third-order valence-corrected chi connectivity index (χ3v) is 2.73. The molecule has 16 heavy (non-hydrogen) atoms. The fourth-order valence-corrected chi connectivity index (χ4v) is 1.80. The van der Waals surface area contributed by atoms with Gasteiger partial charge in [-0.05, 0) is 13.8 Å². The van der Waals surface area contributed by atoms with Crippen molar-refractivity contribution in [2.24, 2.45) is 5.73 Å². The molecular weight excluding hydrogens is 230 g/mol. The Hall–Kier alpha value is -1.63. The minimum atomic E-state index is -0.939. The van der Waals surface area contributed by atoms with Gasteiger partial charge < -0.3 is 16.2 Å². The summed E-state index contributed by atoms with van der Waals surface area (Å²) >= 11 is 1.24. The number of anilines is 1. The summed E-state index contributed by atoms with van der Waals surface area (Å²) in [5, 5.41) is 13.5. The molecule has 88 valence electrons. The first-order chi connectivity index (χ1) is 7.31. The van der Waals surface area contributed by atoms with Gasteiger partial charge in [-0.3, -0.25) is 9.59 Å². The molecule has 0 spiro atoms. The van der Waals surface area contributed by atoms with Crippen LogP contribution in [0.4, 0.5) is 5.13 Å². The highest BCUT2D eigenvalue weighted by molar-refractivity contribution is 7.13. The van der Waals surface area contributed by atoms with E-state index in [4.69, 9.17) is 10.8 Å². The molecule has 1 heterocycles. The number of hydrogen-bond donors (Lipinski definition) is 3. The van der Waals surface area contributed by atoms with Crippen molar-refractivity contribution in [3.05, 3.63) is 11.1 Å². The highest BCUT2D eigenvalue weighted by Crippen LogP contribution is 2.20. The summed E-state index contributed by atoms with van der Waals surface area (Å²) in [4.78, 5) is 25.5. The lowest BCUT2D eigenvalue weighted by atomic mass is 10.1. The van der Waals surface area contributed by atoms with Crippen LogP contribution in [0.5, 0.6) is 0 Å². The van der Waals surface area contributed by atoms with Gasteiger partial charge in [0.2, 0.25) is 5.91 Å². The molecule has 0 aliphatic rings. The summed E-state index contributed by atoms with van der Waals surface area (Å²) in [5.74, 6) is -1.44. The molecule has 0 bridgehead atoms. The highest BCUT2D eigenvalue weighted by atomic mass is 32.1. The second-order valence-corrected chi connectivity index (χ2v) is 4.69. The lowest BCUT2D eigenvalue weighted by Crippen LogP contribution is -2.45. The summed E-state index contributed by atoms with van der Waals surface area (Å²) in [6.45, 7) is 3.27. The van der Waals surface area contributed by atoms with E-state index in [1.807, 2.05) is 0 Å². The molecule has 0 fully saturated rings. The third kappa shape index (κ3) is 3.20. The van der Waals surface area contributed by atoms with Crippen LogP contribution in [0.25, 0.3) is 0 Å². The van der Waals surface area contributed by atoms with Gasteiger partial charge >= 0.3 is 5.97 Å². The first kappa shape index (κ1) is 12.4. The largest absolute Gasteiger partial charge is 0.481 e. The lowest BCUT2D eigenvalue weighted by Gasteiger charge is -2.21. The third-order valence-electron chi connectivity index (χ3n) is 1.92. The number of amides is 1. The van der Waals surface area contributed by atoms with Crippen LogP contribution in [-0.4, -0.2) is 27.5 Å². The normalized spacial score (nSPS) is 11.1. The van der Waals surface area contributed by atoms with Crippen LogP contribution in [0.2, 0.25) is 0 Å². The number of carbonyl (C=O) groups excluding carboxylic acids is 1. The van der Waals surface area contributed by atoms with E-state index in [0.29, 0.717) is 10.8 Å².